The Kier molecular flexibility index (Phi) is 8.96. The second-order valence-electron chi connectivity index (χ2n) is 8.69. The molecule has 2 amide bonds. The summed E-state index contributed by atoms with van der Waals surface area (Å²) in [5, 5.41) is 13.7. The molecule has 0 radical (unpaired) electrons. The third kappa shape index (κ3) is 6.35. The van der Waals surface area contributed by atoms with Crippen molar-refractivity contribution in [2.24, 2.45) is 0 Å². The molecule has 4 aromatic carbocycles. The van der Waals surface area contributed by atoms with Gasteiger partial charge in [0.05, 0.1) is 37.0 Å². The zero-order valence-electron chi connectivity index (χ0n) is 21.1. The van der Waals surface area contributed by atoms with Gasteiger partial charge in [0.2, 0.25) is 11.8 Å². The Morgan fingerprint density at radius 3 is 2.00 bits per heavy atom. The van der Waals surface area contributed by atoms with E-state index in [-0.39, 0.29) is 26.7 Å². The number of carbonyl (C=O) groups excluding carboxylic acids is 2. The van der Waals surface area contributed by atoms with Gasteiger partial charge in [0.1, 0.15) is 5.52 Å². The van der Waals surface area contributed by atoms with Gasteiger partial charge in [-0.2, -0.15) is 0 Å². The lowest BCUT2D eigenvalue weighted by atomic mass is 10.1. The molecule has 5 rings (SSSR count). The number of benzene rings is 4. The molecule has 3 N–H and O–H groups in total. The summed E-state index contributed by atoms with van der Waals surface area (Å²) in [5.74, 6) is -1.90. The van der Waals surface area contributed by atoms with Crippen LogP contribution in [0.2, 0.25) is 20.1 Å². The average Bonchev–Trinajstić information content (AvgIpc) is 3.42. The Morgan fingerprint density at radius 1 is 0.762 bits per heavy atom. The highest BCUT2D eigenvalue weighted by Gasteiger charge is 2.29. The van der Waals surface area contributed by atoms with Gasteiger partial charge in [0.25, 0.3) is 5.91 Å². The van der Waals surface area contributed by atoms with Crippen molar-refractivity contribution in [3.8, 4) is 11.5 Å². The van der Waals surface area contributed by atoms with Gasteiger partial charge < -0.3 is 20.2 Å². The van der Waals surface area contributed by atoms with E-state index in [0.717, 1.165) is 16.0 Å². The maximum Gasteiger partial charge on any atom is 0.338 e. The number of oxazole rings is 1. The Bertz CT molecular complexity index is 1810. The summed E-state index contributed by atoms with van der Waals surface area (Å²) in [6, 6.07) is 21.3. The summed E-state index contributed by atoms with van der Waals surface area (Å²) in [4.78, 5) is 42.4. The Labute approximate surface area is 262 Å². The number of rotatable bonds is 8. The molecule has 5 aromatic rings. The van der Waals surface area contributed by atoms with Crippen LogP contribution in [-0.4, -0.2) is 33.6 Å². The SMILES string of the molecule is O=C(CSc1ccc(NC(=O)c2c(Cl)c(Cl)c(Cl)c(Cl)c2C(=O)O)cc1)Nc1ccc(-c2nc3ccccc3o2)cc1. The maximum atomic E-state index is 12.9. The summed E-state index contributed by atoms with van der Waals surface area (Å²) in [6.07, 6.45) is 0. The zero-order chi connectivity index (χ0) is 30.0. The van der Waals surface area contributed by atoms with Gasteiger partial charge in [-0.1, -0.05) is 58.5 Å². The molecule has 13 heteroatoms. The summed E-state index contributed by atoms with van der Waals surface area (Å²) in [6.45, 7) is 0. The molecule has 8 nitrogen and oxygen atoms in total. The number of amides is 2. The van der Waals surface area contributed by atoms with E-state index in [9.17, 15) is 19.5 Å². The van der Waals surface area contributed by atoms with Gasteiger partial charge in [0, 0.05) is 21.8 Å². The van der Waals surface area contributed by atoms with Gasteiger partial charge in [-0.3, -0.25) is 9.59 Å². The van der Waals surface area contributed by atoms with Crippen molar-refractivity contribution >= 4 is 98.4 Å². The molecule has 0 unspecified atom stereocenters. The van der Waals surface area contributed by atoms with Crippen molar-refractivity contribution in [1.29, 1.82) is 0 Å². The maximum absolute atomic E-state index is 12.9. The van der Waals surface area contributed by atoms with E-state index in [1.54, 1.807) is 36.4 Å². The molecule has 0 atom stereocenters. The quantitative estimate of drug-likeness (QED) is 0.0864. The van der Waals surface area contributed by atoms with Crippen molar-refractivity contribution in [2.75, 3.05) is 16.4 Å². The molecule has 0 aliphatic rings. The van der Waals surface area contributed by atoms with Crippen molar-refractivity contribution in [2.45, 2.75) is 4.90 Å². The topological polar surface area (TPSA) is 122 Å². The van der Waals surface area contributed by atoms with Crippen molar-refractivity contribution in [3.63, 3.8) is 0 Å². The van der Waals surface area contributed by atoms with Crippen LogP contribution in [0, 0.1) is 0 Å². The van der Waals surface area contributed by atoms with Crippen LogP contribution in [-0.2, 0) is 4.79 Å². The Hall–Kier alpha value is -3.73. The van der Waals surface area contributed by atoms with Gasteiger partial charge in [-0.15, -0.1) is 11.8 Å². The number of hydrogen-bond acceptors (Lipinski definition) is 6. The Balaban J connectivity index is 1.18. The number of carboxylic acids is 1. The molecular formula is C29H17Cl4N3O5S. The number of carbonyl (C=O) groups is 3. The van der Waals surface area contributed by atoms with Gasteiger partial charge in [-0.25, -0.2) is 9.78 Å². The first-order valence-electron chi connectivity index (χ1n) is 12.0. The molecule has 42 heavy (non-hydrogen) atoms. The minimum atomic E-state index is -1.49. The van der Waals surface area contributed by atoms with E-state index >= 15 is 0 Å². The van der Waals surface area contributed by atoms with Crippen molar-refractivity contribution in [1.82, 2.24) is 4.98 Å². The molecule has 212 valence electrons. The second-order valence-corrected chi connectivity index (χ2v) is 11.3. The monoisotopic (exact) mass is 659 g/mol. The standard InChI is InChI=1S/C29H17Cl4N3O5S/c30-23-21(22(29(39)40)24(31)26(33)25(23)32)27(38)35-16-9-11-17(12-10-16)42-13-20(37)34-15-7-5-14(6-8-15)28-36-18-3-1-2-4-19(18)41-28/h1-12H,13H2,(H,34,37)(H,35,38)(H,39,40). The Morgan fingerprint density at radius 2 is 1.36 bits per heavy atom. The lowest BCUT2D eigenvalue weighted by molar-refractivity contribution is -0.113. The lowest BCUT2D eigenvalue weighted by Crippen LogP contribution is -2.18. The highest BCUT2D eigenvalue weighted by atomic mass is 35.5. The smallest absolute Gasteiger partial charge is 0.338 e. The second kappa shape index (κ2) is 12.6. The lowest BCUT2D eigenvalue weighted by Gasteiger charge is -2.14. The number of aromatic nitrogens is 1. The first-order valence-corrected chi connectivity index (χ1v) is 14.5. The van der Waals surface area contributed by atoms with Gasteiger partial charge in [-0.05, 0) is 60.7 Å². The summed E-state index contributed by atoms with van der Waals surface area (Å²) < 4.78 is 5.78. The highest BCUT2D eigenvalue weighted by Crippen LogP contribution is 2.42. The van der Waals surface area contributed by atoms with Crippen LogP contribution in [0.3, 0.4) is 0 Å². The van der Waals surface area contributed by atoms with Crippen LogP contribution in [0.25, 0.3) is 22.6 Å². The van der Waals surface area contributed by atoms with E-state index in [2.05, 4.69) is 15.6 Å². The van der Waals surface area contributed by atoms with Crippen LogP contribution in [0.5, 0.6) is 0 Å². The number of nitrogens with one attached hydrogen (secondary N) is 2. The number of nitrogens with zero attached hydrogens (tertiary/aromatic N) is 1. The zero-order valence-corrected chi connectivity index (χ0v) is 24.9. The van der Waals surface area contributed by atoms with E-state index in [0.29, 0.717) is 22.8 Å². The normalized spacial score (nSPS) is 11.0. The van der Waals surface area contributed by atoms with Gasteiger partial charge >= 0.3 is 5.97 Å². The third-order valence-electron chi connectivity index (χ3n) is 5.90. The largest absolute Gasteiger partial charge is 0.478 e. The van der Waals surface area contributed by atoms with Crippen LogP contribution in [0.1, 0.15) is 20.7 Å². The van der Waals surface area contributed by atoms with E-state index in [1.807, 2.05) is 36.4 Å². The average molecular weight is 661 g/mol. The van der Waals surface area contributed by atoms with Crippen molar-refractivity contribution in [3.05, 3.63) is 104 Å². The number of anilines is 2. The highest BCUT2D eigenvalue weighted by molar-refractivity contribution is 8.00. The fourth-order valence-corrected chi connectivity index (χ4v) is 5.63. The molecule has 0 saturated heterocycles. The predicted octanol–water partition coefficient (Wildman–Crippen LogP) is 8.79. The summed E-state index contributed by atoms with van der Waals surface area (Å²) in [5.41, 5.74) is 2.25. The molecule has 0 fully saturated rings. The summed E-state index contributed by atoms with van der Waals surface area (Å²) >= 11 is 25.4. The van der Waals surface area contributed by atoms with Crippen LogP contribution in [0.15, 0.2) is 82.1 Å². The minimum absolute atomic E-state index is 0.137. The number of hydrogen-bond donors (Lipinski definition) is 3. The molecule has 0 bridgehead atoms. The minimum Gasteiger partial charge on any atom is -0.478 e. The molecule has 1 heterocycles. The number of halogens is 4. The third-order valence-corrected chi connectivity index (χ3v) is 8.71. The fourth-order valence-electron chi connectivity index (χ4n) is 3.91. The molecule has 1 aromatic heterocycles. The fraction of sp³-hybridized carbons (Fsp3) is 0.0345. The number of fused-ring (bicyclic) bond motifs is 1. The van der Waals surface area contributed by atoms with Crippen LogP contribution >= 0.6 is 58.2 Å². The molecular weight excluding hydrogens is 644 g/mol. The first-order chi connectivity index (χ1) is 20.1. The van der Waals surface area contributed by atoms with Gasteiger partial charge in [0.15, 0.2) is 5.58 Å². The van der Waals surface area contributed by atoms with Crippen LogP contribution in [0.4, 0.5) is 11.4 Å². The number of aromatic carboxylic acids is 1. The number of thioether (sulfide) groups is 1. The van der Waals surface area contributed by atoms with Crippen LogP contribution < -0.4 is 10.6 Å². The molecule has 0 aliphatic carbocycles. The van der Waals surface area contributed by atoms with E-state index in [1.165, 1.54) is 11.8 Å². The number of carboxylic acid groups (broad SMARTS) is 1. The molecule has 0 spiro atoms. The first kappa shape index (κ1) is 29.8. The molecule has 0 aliphatic heterocycles. The van der Waals surface area contributed by atoms with E-state index < -0.39 is 28.0 Å². The van der Waals surface area contributed by atoms with E-state index in [4.69, 9.17) is 50.8 Å². The predicted molar refractivity (Wildman–Crippen MR) is 167 cm³/mol. The molecule has 0 saturated carbocycles. The summed E-state index contributed by atoms with van der Waals surface area (Å²) in [7, 11) is 0. The number of para-hydroxylation sites is 2. The van der Waals surface area contributed by atoms with Crippen molar-refractivity contribution < 1.29 is 23.9 Å².